The molecule has 1 aromatic heterocycles. The van der Waals surface area contributed by atoms with Crippen LogP contribution in [0.4, 0.5) is 0 Å². The van der Waals surface area contributed by atoms with Crippen LogP contribution in [0.25, 0.3) is 0 Å². The van der Waals surface area contributed by atoms with E-state index in [1.165, 1.54) is 0 Å². The van der Waals surface area contributed by atoms with Gasteiger partial charge in [0.15, 0.2) is 5.69 Å². The fraction of sp³-hybridized carbons (Fsp3) is 0.667. The van der Waals surface area contributed by atoms with Gasteiger partial charge in [-0.25, -0.2) is 13.6 Å². The zero-order valence-corrected chi connectivity index (χ0v) is 12.9. The van der Waals surface area contributed by atoms with Crippen LogP contribution in [0.2, 0.25) is 0 Å². The van der Waals surface area contributed by atoms with E-state index in [2.05, 4.69) is 15.5 Å². The van der Waals surface area contributed by atoms with Crippen molar-refractivity contribution in [1.29, 1.82) is 0 Å². The summed E-state index contributed by atoms with van der Waals surface area (Å²) in [4.78, 5) is 11.8. The van der Waals surface area contributed by atoms with Crippen molar-refractivity contribution in [3.8, 4) is 0 Å². The molecule has 0 radical (unpaired) electrons. The molecular formula is C12H22N4O3S. The molecule has 0 aliphatic heterocycles. The van der Waals surface area contributed by atoms with Crippen molar-refractivity contribution in [2.75, 3.05) is 6.54 Å². The fourth-order valence-corrected chi connectivity index (χ4v) is 2.70. The number of aromatic amines is 1. The third-order valence-electron chi connectivity index (χ3n) is 2.80. The molecule has 1 aromatic rings. The Morgan fingerprint density at radius 2 is 2.10 bits per heavy atom. The van der Waals surface area contributed by atoms with Gasteiger partial charge in [-0.05, 0) is 18.8 Å². The molecule has 0 bridgehead atoms. The number of aromatic nitrogens is 2. The van der Waals surface area contributed by atoms with Crippen LogP contribution in [0, 0.1) is 5.92 Å². The third kappa shape index (κ3) is 4.31. The Hall–Kier alpha value is -1.41. The summed E-state index contributed by atoms with van der Waals surface area (Å²) in [5.74, 6) is -0.0730. The molecule has 1 amide bonds. The molecule has 0 aromatic carbocycles. The number of nitrogens with two attached hydrogens (primary N) is 1. The van der Waals surface area contributed by atoms with E-state index in [0.717, 1.165) is 12.8 Å². The highest BCUT2D eigenvalue weighted by atomic mass is 32.2. The molecule has 114 valence electrons. The van der Waals surface area contributed by atoms with Crippen LogP contribution in [-0.4, -0.2) is 31.1 Å². The van der Waals surface area contributed by atoms with E-state index in [1.807, 2.05) is 20.8 Å². The number of sulfonamides is 1. The molecule has 0 aliphatic rings. The molecule has 7 nitrogen and oxygen atoms in total. The predicted octanol–water partition coefficient (Wildman–Crippen LogP) is 0.786. The number of aryl methyl sites for hydroxylation is 1. The first-order valence-corrected chi connectivity index (χ1v) is 8.20. The first kappa shape index (κ1) is 16.6. The number of carbonyl (C=O) groups is 1. The summed E-state index contributed by atoms with van der Waals surface area (Å²) >= 11 is 0. The summed E-state index contributed by atoms with van der Waals surface area (Å²) < 4.78 is 23.3. The van der Waals surface area contributed by atoms with Gasteiger partial charge in [0, 0.05) is 6.54 Å². The zero-order chi connectivity index (χ0) is 15.3. The molecule has 0 fully saturated rings. The molecule has 1 rings (SSSR count). The van der Waals surface area contributed by atoms with Gasteiger partial charge < -0.3 is 5.32 Å². The minimum atomic E-state index is -3.98. The van der Waals surface area contributed by atoms with Gasteiger partial charge in [-0.1, -0.05) is 27.2 Å². The van der Waals surface area contributed by atoms with Gasteiger partial charge >= 0.3 is 0 Å². The number of hydrogen-bond donors (Lipinski definition) is 3. The molecule has 0 atom stereocenters. The maximum Gasteiger partial charge on any atom is 0.273 e. The highest BCUT2D eigenvalue weighted by molar-refractivity contribution is 7.89. The minimum absolute atomic E-state index is 0.153. The summed E-state index contributed by atoms with van der Waals surface area (Å²) in [5.41, 5.74) is 0.226. The summed E-state index contributed by atoms with van der Waals surface area (Å²) in [5, 5.41) is 14.2. The Morgan fingerprint density at radius 1 is 1.45 bits per heavy atom. The predicted molar refractivity (Wildman–Crippen MR) is 75.7 cm³/mol. The van der Waals surface area contributed by atoms with Gasteiger partial charge in [0.1, 0.15) is 4.90 Å². The Labute approximate surface area is 119 Å². The van der Waals surface area contributed by atoms with Crippen LogP contribution < -0.4 is 10.5 Å². The molecule has 0 aliphatic carbocycles. The Bertz CT molecular complexity index is 563. The van der Waals surface area contributed by atoms with Crippen molar-refractivity contribution in [1.82, 2.24) is 15.5 Å². The van der Waals surface area contributed by atoms with Crippen molar-refractivity contribution >= 4 is 15.9 Å². The van der Waals surface area contributed by atoms with Crippen molar-refractivity contribution in [3.63, 3.8) is 0 Å². The van der Waals surface area contributed by atoms with Crippen molar-refractivity contribution < 1.29 is 13.2 Å². The first-order valence-electron chi connectivity index (χ1n) is 6.65. The molecule has 0 saturated heterocycles. The number of primary sulfonamides is 1. The summed E-state index contributed by atoms with van der Waals surface area (Å²) in [6.45, 7) is 6.44. The molecule has 1 heterocycles. The zero-order valence-electron chi connectivity index (χ0n) is 12.1. The number of rotatable bonds is 7. The SMILES string of the molecule is CCCc1[nH]nc(C(=O)NCCC(C)C)c1S(N)(=O)=O. The van der Waals surface area contributed by atoms with E-state index in [0.29, 0.717) is 24.6 Å². The van der Waals surface area contributed by atoms with Crippen LogP contribution in [0.3, 0.4) is 0 Å². The lowest BCUT2D eigenvalue weighted by Crippen LogP contribution is -2.28. The largest absolute Gasteiger partial charge is 0.351 e. The topological polar surface area (TPSA) is 118 Å². The van der Waals surface area contributed by atoms with Gasteiger partial charge in [-0.3, -0.25) is 9.89 Å². The second-order valence-electron chi connectivity index (χ2n) is 5.11. The van der Waals surface area contributed by atoms with Gasteiger partial charge in [-0.15, -0.1) is 0 Å². The quantitative estimate of drug-likeness (QED) is 0.690. The summed E-state index contributed by atoms with van der Waals surface area (Å²) in [6, 6.07) is 0. The fourth-order valence-electron chi connectivity index (χ4n) is 1.81. The average Bonchev–Trinajstić information content (AvgIpc) is 2.72. The third-order valence-corrected chi connectivity index (χ3v) is 3.81. The minimum Gasteiger partial charge on any atom is -0.351 e. The van der Waals surface area contributed by atoms with E-state index >= 15 is 0 Å². The second kappa shape index (κ2) is 6.85. The lowest BCUT2D eigenvalue weighted by atomic mass is 10.1. The van der Waals surface area contributed by atoms with Crippen LogP contribution >= 0.6 is 0 Å². The lowest BCUT2D eigenvalue weighted by molar-refractivity contribution is 0.0943. The van der Waals surface area contributed by atoms with Crippen LogP contribution in [0.15, 0.2) is 4.90 Å². The monoisotopic (exact) mass is 302 g/mol. The molecule has 20 heavy (non-hydrogen) atoms. The maximum atomic E-state index is 12.0. The van der Waals surface area contributed by atoms with E-state index in [9.17, 15) is 13.2 Å². The summed E-state index contributed by atoms with van der Waals surface area (Å²) in [6.07, 6.45) is 2.00. The molecule has 8 heteroatoms. The van der Waals surface area contributed by atoms with Crippen molar-refractivity contribution in [2.45, 2.75) is 44.9 Å². The molecule has 4 N–H and O–H groups in total. The standard InChI is InChI=1S/C12H22N4O3S/c1-4-5-9-11(20(13,18)19)10(16-15-9)12(17)14-7-6-8(2)3/h8H,4-7H2,1-3H3,(H,14,17)(H,15,16)(H2,13,18,19). The van der Waals surface area contributed by atoms with Crippen molar-refractivity contribution in [3.05, 3.63) is 11.4 Å². The normalized spacial score (nSPS) is 11.8. The average molecular weight is 302 g/mol. The Kier molecular flexibility index (Phi) is 5.70. The van der Waals surface area contributed by atoms with Crippen LogP contribution in [0.1, 0.15) is 49.8 Å². The van der Waals surface area contributed by atoms with E-state index in [1.54, 1.807) is 0 Å². The number of hydrogen-bond acceptors (Lipinski definition) is 4. The number of H-pyrrole nitrogens is 1. The maximum absolute atomic E-state index is 12.0. The first-order chi connectivity index (χ1) is 9.27. The number of amides is 1. The molecule has 0 spiro atoms. The number of carbonyl (C=O) groups excluding carboxylic acids is 1. The highest BCUT2D eigenvalue weighted by Crippen LogP contribution is 2.18. The van der Waals surface area contributed by atoms with Gasteiger partial charge in [0.25, 0.3) is 5.91 Å². The Morgan fingerprint density at radius 3 is 2.60 bits per heavy atom. The van der Waals surface area contributed by atoms with Gasteiger partial charge in [0.2, 0.25) is 10.0 Å². The van der Waals surface area contributed by atoms with Gasteiger partial charge in [0.05, 0.1) is 5.69 Å². The Balaban J connectivity index is 2.97. The molecule has 0 unspecified atom stereocenters. The highest BCUT2D eigenvalue weighted by Gasteiger charge is 2.26. The second-order valence-corrected chi connectivity index (χ2v) is 6.61. The van der Waals surface area contributed by atoms with E-state index in [4.69, 9.17) is 5.14 Å². The van der Waals surface area contributed by atoms with Crippen molar-refractivity contribution in [2.24, 2.45) is 11.1 Å². The number of nitrogens with one attached hydrogen (secondary N) is 2. The van der Waals surface area contributed by atoms with E-state index < -0.39 is 15.9 Å². The summed E-state index contributed by atoms with van der Waals surface area (Å²) in [7, 11) is -3.98. The molecule has 0 saturated carbocycles. The van der Waals surface area contributed by atoms with Crippen LogP contribution in [0.5, 0.6) is 0 Å². The van der Waals surface area contributed by atoms with E-state index in [-0.39, 0.29) is 10.6 Å². The lowest BCUT2D eigenvalue weighted by Gasteiger charge is -2.07. The smallest absolute Gasteiger partial charge is 0.273 e. The number of nitrogens with zero attached hydrogens (tertiary/aromatic N) is 1. The van der Waals surface area contributed by atoms with Gasteiger partial charge in [-0.2, -0.15) is 5.10 Å². The molecular weight excluding hydrogens is 280 g/mol. The van der Waals surface area contributed by atoms with Crippen LogP contribution in [-0.2, 0) is 16.4 Å².